The molecule has 1 saturated carbocycles. The average molecular weight is 420 g/mol. The second kappa shape index (κ2) is 8.18. The fourth-order valence-corrected chi connectivity index (χ4v) is 4.46. The van der Waals surface area contributed by atoms with Crippen molar-refractivity contribution in [2.45, 2.75) is 69.2 Å². The molecule has 0 saturated heterocycles. The third kappa shape index (κ3) is 4.98. The van der Waals surface area contributed by atoms with Crippen LogP contribution in [0.25, 0.3) is 0 Å². The first kappa shape index (κ1) is 21.4. The van der Waals surface area contributed by atoms with Crippen LogP contribution in [0, 0.1) is 5.95 Å². The Labute approximate surface area is 171 Å². The van der Waals surface area contributed by atoms with Crippen molar-refractivity contribution >= 4 is 15.9 Å². The Morgan fingerprint density at radius 1 is 1.07 bits per heavy atom. The lowest BCUT2D eigenvalue weighted by molar-refractivity contribution is 0.0979. The predicted molar refractivity (Wildman–Crippen MR) is 108 cm³/mol. The van der Waals surface area contributed by atoms with E-state index < -0.39 is 26.9 Å². The molecular weight excluding hydrogens is 393 g/mol. The van der Waals surface area contributed by atoms with Crippen molar-refractivity contribution in [1.29, 1.82) is 0 Å². The van der Waals surface area contributed by atoms with Crippen molar-refractivity contribution in [1.82, 2.24) is 14.7 Å². The number of sulfonamides is 1. The zero-order valence-electron chi connectivity index (χ0n) is 16.9. The van der Waals surface area contributed by atoms with Crippen LogP contribution >= 0.6 is 0 Å². The van der Waals surface area contributed by atoms with E-state index in [0.717, 1.165) is 49.9 Å². The number of amides is 1. The predicted octanol–water partition coefficient (Wildman–Crippen LogP) is 4.08. The van der Waals surface area contributed by atoms with Crippen LogP contribution in [0.3, 0.4) is 0 Å². The summed E-state index contributed by atoms with van der Waals surface area (Å²) in [6.07, 6.45) is 5.09. The van der Waals surface area contributed by atoms with Gasteiger partial charge in [-0.05, 0) is 37.1 Å². The van der Waals surface area contributed by atoms with Crippen molar-refractivity contribution < 1.29 is 17.6 Å². The van der Waals surface area contributed by atoms with Crippen molar-refractivity contribution in [3.63, 3.8) is 0 Å². The summed E-state index contributed by atoms with van der Waals surface area (Å²) in [6.45, 7) is 6.12. The molecule has 3 rings (SSSR count). The number of carbonyl (C=O) groups excluding carboxylic acids is 1. The van der Waals surface area contributed by atoms with E-state index in [1.54, 1.807) is 12.1 Å². The molecule has 2 heterocycles. The van der Waals surface area contributed by atoms with Crippen LogP contribution in [0.15, 0.2) is 35.4 Å². The van der Waals surface area contributed by atoms with Gasteiger partial charge in [-0.1, -0.05) is 46.1 Å². The Hall–Kier alpha value is -2.35. The van der Waals surface area contributed by atoms with Crippen molar-refractivity contribution in [3.8, 4) is 0 Å². The maximum absolute atomic E-state index is 13.3. The summed E-state index contributed by atoms with van der Waals surface area (Å²) in [5.74, 6) is -1.59. The van der Waals surface area contributed by atoms with E-state index in [1.807, 2.05) is 25.5 Å². The van der Waals surface area contributed by atoms with Gasteiger partial charge in [0.05, 0.1) is 11.3 Å². The lowest BCUT2D eigenvalue weighted by Crippen LogP contribution is -2.33. The quantitative estimate of drug-likeness (QED) is 0.755. The zero-order chi connectivity index (χ0) is 21.2. The van der Waals surface area contributed by atoms with Gasteiger partial charge in [0.2, 0.25) is 5.95 Å². The third-order valence-corrected chi connectivity index (χ3v) is 6.35. The maximum Gasteiger partial charge on any atom is 0.281 e. The average Bonchev–Trinajstić information content (AvgIpc) is 2.67. The topological polar surface area (TPSA) is 89.0 Å². The van der Waals surface area contributed by atoms with Gasteiger partial charge in [0, 0.05) is 17.0 Å². The highest BCUT2D eigenvalue weighted by atomic mass is 32.2. The number of nitrogens with one attached hydrogen (secondary N) is 1. The van der Waals surface area contributed by atoms with Gasteiger partial charge >= 0.3 is 0 Å². The van der Waals surface area contributed by atoms with Crippen molar-refractivity contribution in [2.24, 2.45) is 0 Å². The lowest BCUT2D eigenvalue weighted by Gasteiger charge is -2.26. The molecule has 1 amide bonds. The van der Waals surface area contributed by atoms with E-state index in [4.69, 9.17) is 4.98 Å². The Morgan fingerprint density at radius 2 is 1.76 bits per heavy atom. The van der Waals surface area contributed by atoms with Crippen LogP contribution < -0.4 is 4.72 Å². The number of rotatable bonds is 4. The normalized spacial score (nSPS) is 15.9. The van der Waals surface area contributed by atoms with E-state index in [-0.39, 0.29) is 16.9 Å². The summed E-state index contributed by atoms with van der Waals surface area (Å²) < 4.78 is 40.3. The zero-order valence-corrected chi connectivity index (χ0v) is 17.7. The molecule has 29 heavy (non-hydrogen) atoms. The molecule has 0 aliphatic heterocycles. The van der Waals surface area contributed by atoms with Gasteiger partial charge in [-0.15, -0.1) is 0 Å². The van der Waals surface area contributed by atoms with Gasteiger partial charge in [0.15, 0.2) is 5.03 Å². The standard InChI is InChI=1S/C21H26FN3O3S/c1-21(2,3)16-13-12-15(19(23-16)14-8-5-4-6-9-14)20(26)25-29(27,28)18-11-7-10-17(22)24-18/h7,10-14H,4-6,8-9H2,1-3H3,(H,25,26). The second-order valence-corrected chi connectivity index (χ2v) is 10.1. The van der Waals surface area contributed by atoms with E-state index in [0.29, 0.717) is 5.69 Å². The van der Waals surface area contributed by atoms with E-state index in [2.05, 4.69) is 4.98 Å². The number of nitrogens with zero attached hydrogens (tertiary/aromatic N) is 2. The summed E-state index contributed by atoms with van der Waals surface area (Å²) in [5.41, 5.74) is 1.53. The number of halogens is 1. The smallest absolute Gasteiger partial charge is 0.268 e. The van der Waals surface area contributed by atoms with Gasteiger partial charge < -0.3 is 0 Å². The van der Waals surface area contributed by atoms with Gasteiger partial charge in [-0.25, -0.2) is 9.71 Å². The molecule has 0 radical (unpaired) electrons. The first-order valence-electron chi connectivity index (χ1n) is 9.79. The van der Waals surface area contributed by atoms with Crippen LogP contribution in [-0.4, -0.2) is 24.3 Å². The summed E-state index contributed by atoms with van der Waals surface area (Å²) in [6, 6.07) is 6.81. The molecule has 2 aromatic rings. The molecule has 1 aliphatic rings. The molecular formula is C21H26FN3O3S. The molecule has 1 fully saturated rings. The van der Waals surface area contributed by atoms with Crippen LogP contribution in [0.5, 0.6) is 0 Å². The van der Waals surface area contributed by atoms with Crippen LogP contribution in [0.2, 0.25) is 0 Å². The number of hydrogen-bond acceptors (Lipinski definition) is 5. The molecule has 0 aromatic carbocycles. The lowest BCUT2D eigenvalue weighted by atomic mass is 9.83. The summed E-state index contributed by atoms with van der Waals surface area (Å²) in [4.78, 5) is 21.0. The van der Waals surface area contributed by atoms with Crippen LogP contribution in [-0.2, 0) is 15.4 Å². The van der Waals surface area contributed by atoms with Crippen LogP contribution in [0.4, 0.5) is 4.39 Å². The summed E-state index contributed by atoms with van der Waals surface area (Å²) >= 11 is 0. The molecule has 1 N–H and O–H groups in total. The molecule has 8 heteroatoms. The van der Waals surface area contributed by atoms with Crippen molar-refractivity contribution in [3.05, 3.63) is 53.2 Å². The maximum atomic E-state index is 13.3. The fraction of sp³-hybridized carbons (Fsp3) is 0.476. The van der Waals surface area contributed by atoms with Gasteiger partial charge in [0.1, 0.15) is 0 Å². The number of hydrogen-bond donors (Lipinski definition) is 1. The minimum absolute atomic E-state index is 0.113. The summed E-state index contributed by atoms with van der Waals surface area (Å²) in [5, 5.41) is -0.538. The van der Waals surface area contributed by atoms with Gasteiger partial charge in [-0.3, -0.25) is 9.78 Å². The summed E-state index contributed by atoms with van der Waals surface area (Å²) in [7, 11) is -4.29. The number of aromatic nitrogens is 2. The molecule has 1 aliphatic carbocycles. The monoisotopic (exact) mass is 419 g/mol. The molecule has 0 atom stereocenters. The van der Waals surface area contributed by atoms with Crippen molar-refractivity contribution in [2.75, 3.05) is 0 Å². The van der Waals surface area contributed by atoms with Crippen LogP contribution in [0.1, 0.15) is 80.5 Å². The molecule has 0 bridgehead atoms. The fourth-order valence-electron chi connectivity index (χ4n) is 3.54. The first-order chi connectivity index (χ1) is 13.6. The Morgan fingerprint density at radius 3 is 2.38 bits per heavy atom. The Kier molecular flexibility index (Phi) is 6.03. The SMILES string of the molecule is CC(C)(C)c1ccc(C(=O)NS(=O)(=O)c2cccc(F)n2)c(C2CCCCC2)n1. The number of pyridine rings is 2. The molecule has 0 spiro atoms. The third-order valence-electron chi connectivity index (χ3n) is 5.12. The molecule has 0 unspecified atom stereocenters. The Balaban J connectivity index is 1.97. The highest BCUT2D eigenvalue weighted by molar-refractivity contribution is 7.90. The largest absolute Gasteiger partial charge is 0.281 e. The molecule has 2 aromatic heterocycles. The van der Waals surface area contributed by atoms with Gasteiger partial charge in [0.25, 0.3) is 15.9 Å². The second-order valence-electron chi connectivity index (χ2n) is 8.45. The van der Waals surface area contributed by atoms with Gasteiger partial charge in [-0.2, -0.15) is 12.8 Å². The Bertz CT molecular complexity index is 1010. The molecule has 156 valence electrons. The van der Waals surface area contributed by atoms with E-state index in [1.165, 1.54) is 6.07 Å². The molecule has 6 nitrogen and oxygen atoms in total. The van der Waals surface area contributed by atoms with E-state index >= 15 is 0 Å². The van der Waals surface area contributed by atoms with E-state index in [9.17, 15) is 17.6 Å². The minimum Gasteiger partial charge on any atom is -0.268 e. The highest BCUT2D eigenvalue weighted by Gasteiger charge is 2.28. The number of carbonyl (C=O) groups is 1. The minimum atomic E-state index is -4.29. The highest BCUT2D eigenvalue weighted by Crippen LogP contribution is 2.35. The first-order valence-corrected chi connectivity index (χ1v) is 11.3.